The zero-order chi connectivity index (χ0) is 17.3. The molecule has 3 rings (SSSR count). The molecule has 3 aromatic rings. The lowest BCUT2D eigenvalue weighted by Gasteiger charge is -2.15. The van der Waals surface area contributed by atoms with E-state index < -0.39 is 24.1 Å². The van der Waals surface area contributed by atoms with Crippen molar-refractivity contribution in [3.63, 3.8) is 0 Å². The first-order chi connectivity index (χ1) is 11.5. The van der Waals surface area contributed by atoms with Gasteiger partial charge in [-0.1, -0.05) is 6.07 Å². The van der Waals surface area contributed by atoms with Crippen molar-refractivity contribution in [1.29, 1.82) is 0 Å². The zero-order valence-electron chi connectivity index (χ0n) is 12.6. The molecule has 0 aliphatic carbocycles. The second kappa shape index (κ2) is 6.42. The summed E-state index contributed by atoms with van der Waals surface area (Å²) in [6, 6.07) is 8.20. The van der Waals surface area contributed by atoms with Crippen molar-refractivity contribution < 1.29 is 18.7 Å². The van der Waals surface area contributed by atoms with Gasteiger partial charge in [0.2, 0.25) is 0 Å². The van der Waals surface area contributed by atoms with Gasteiger partial charge in [0.25, 0.3) is 0 Å². The van der Waals surface area contributed by atoms with Gasteiger partial charge in [0.1, 0.15) is 10.8 Å². The second-order valence-electron chi connectivity index (χ2n) is 5.03. The average Bonchev–Trinajstić information content (AvgIpc) is 2.95. The van der Waals surface area contributed by atoms with E-state index in [-0.39, 0.29) is 5.56 Å². The van der Waals surface area contributed by atoms with Gasteiger partial charge < -0.3 is 14.8 Å². The molecule has 0 aliphatic rings. The molecule has 124 valence electrons. The summed E-state index contributed by atoms with van der Waals surface area (Å²) in [6.45, 7) is -0.415. The molecule has 1 aromatic carbocycles. The zero-order valence-corrected chi connectivity index (χ0v) is 13.4. The van der Waals surface area contributed by atoms with E-state index in [0.717, 1.165) is 0 Å². The monoisotopic (exact) mass is 348 g/mol. The summed E-state index contributed by atoms with van der Waals surface area (Å²) in [5.41, 5.74) is 0.216. The van der Waals surface area contributed by atoms with Crippen molar-refractivity contribution in [3.8, 4) is 0 Å². The van der Waals surface area contributed by atoms with Crippen LogP contribution in [0.2, 0.25) is 0 Å². The van der Waals surface area contributed by atoms with Crippen LogP contribution >= 0.6 is 11.3 Å². The summed E-state index contributed by atoms with van der Waals surface area (Å²) >= 11 is 1.23. The molecule has 0 fully saturated rings. The standard InChI is InChI=1S/C16H13FN2O4S/c1-19(16(22)18-11-4-2-3-10(17)6-11)14-7-12-13(24-14)5-9(8-20)15(21)23-12/h2-7,20H,8H2,1H3,(H,18,22). The minimum absolute atomic E-state index is 0.155. The van der Waals surface area contributed by atoms with Gasteiger partial charge in [-0.25, -0.2) is 14.0 Å². The van der Waals surface area contributed by atoms with Gasteiger partial charge in [0.15, 0.2) is 5.58 Å². The summed E-state index contributed by atoms with van der Waals surface area (Å²) < 4.78 is 18.9. The Balaban J connectivity index is 1.86. The summed E-state index contributed by atoms with van der Waals surface area (Å²) in [7, 11) is 1.55. The first-order valence-corrected chi connectivity index (χ1v) is 7.77. The number of hydrogen-bond acceptors (Lipinski definition) is 5. The highest BCUT2D eigenvalue weighted by Crippen LogP contribution is 2.32. The fourth-order valence-corrected chi connectivity index (χ4v) is 3.10. The van der Waals surface area contributed by atoms with Crippen molar-refractivity contribution in [2.75, 3.05) is 17.3 Å². The number of carbonyl (C=O) groups is 1. The Morgan fingerprint density at radius 2 is 2.17 bits per heavy atom. The van der Waals surface area contributed by atoms with E-state index in [0.29, 0.717) is 21.0 Å². The molecule has 0 saturated carbocycles. The second-order valence-corrected chi connectivity index (χ2v) is 6.09. The molecule has 24 heavy (non-hydrogen) atoms. The number of nitrogens with one attached hydrogen (secondary N) is 1. The van der Waals surface area contributed by atoms with Crippen LogP contribution in [0.3, 0.4) is 0 Å². The van der Waals surface area contributed by atoms with Crippen molar-refractivity contribution >= 4 is 38.3 Å². The molecule has 0 spiro atoms. The molecule has 0 unspecified atom stereocenters. The Labute approximate surface area is 139 Å². The fraction of sp³-hybridized carbons (Fsp3) is 0.125. The SMILES string of the molecule is CN(C(=O)Nc1cccc(F)c1)c1cc2oc(=O)c(CO)cc2s1. The maximum Gasteiger partial charge on any atom is 0.341 e. The number of aliphatic hydroxyl groups is 1. The van der Waals surface area contributed by atoms with Crippen LogP contribution in [0.25, 0.3) is 10.3 Å². The van der Waals surface area contributed by atoms with Crippen LogP contribution in [-0.2, 0) is 6.61 Å². The van der Waals surface area contributed by atoms with Gasteiger partial charge in [-0.2, -0.15) is 0 Å². The Hall–Kier alpha value is -2.71. The third-order valence-electron chi connectivity index (χ3n) is 3.36. The molecule has 2 amide bonds. The van der Waals surface area contributed by atoms with Crippen LogP contribution in [0.5, 0.6) is 0 Å². The minimum Gasteiger partial charge on any atom is -0.421 e. The van der Waals surface area contributed by atoms with E-state index in [1.807, 2.05) is 0 Å². The molecule has 0 atom stereocenters. The summed E-state index contributed by atoms with van der Waals surface area (Å²) in [5, 5.41) is 12.2. The molecular formula is C16H13FN2O4S. The van der Waals surface area contributed by atoms with Gasteiger partial charge in [0, 0.05) is 18.8 Å². The minimum atomic E-state index is -0.610. The molecule has 2 aromatic heterocycles. The van der Waals surface area contributed by atoms with E-state index in [1.165, 1.54) is 40.5 Å². The maximum absolute atomic E-state index is 13.2. The number of urea groups is 1. The number of thiophene rings is 1. The molecule has 6 nitrogen and oxygen atoms in total. The number of rotatable bonds is 3. The Morgan fingerprint density at radius 1 is 1.38 bits per heavy atom. The number of benzene rings is 1. The summed E-state index contributed by atoms with van der Waals surface area (Å²) in [6.07, 6.45) is 0. The van der Waals surface area contributed by atoms with Crippen LogP contribution in [-0.4, -0.2) is 18.2 Å². The van der Waals surface area contributed by atoms with Crippen LogP contribution in [0.4, 0.5) is 19.9 Å². The largest absolute Gasteiger partial charge is 0.421 e. The van der Waals surface area contributed by atoms with Gasteiger partial charge in [-0.15, -0.1) is 11.3 Å². The molecule has 0 aliphatic heterocycles. The Morgan fingerprint density at radius 3 is 2.88 bits per heavy atom. The predicted molar refractivity (Wildman–Crippen MR) is 90.1 cm³/mol. The number of amides is 2. The normalized spacial score (nSPS) is 10.8. The number of carbonyl (C=O) groups excluding carboxylic acids is 1. The number of halogens is 1. The van der Waals surface area contributed by atoms with Crippen molar-refractivity contribution in [3.05, 3.63) is 58.2 Å². The van der Waals surface area contributed by atoms with E-state index in [4.69, 9.17) is 9.52 Å². The lowest BCUT2D eigenvalue weighted by atomic mass is 10.3. The molecule has 8 heteroatoms. The highest BCUT2D eigenvalue weighted by molar-refractivity contribution is 7.22. The Bertz CT molecular complexity index is 966. The quantitative estimate of drug-likeness (QED) is 0.762. The average molecular weight is 348 g/mol. The Kier molecular flexibility index (Phi) is 4.32. The molecule has 0 saturated heterocycles. The van der Waals surface area contributed by atoms with Gasteiger partial charge in [-0.05, 0) is 24.3 Å². The van der Waals surface area contributed by atoms with E-state index in [2.05, 4.69) is 5.32 Å². The number of aliphatic hydroxyl groups excluding tert-OH is 1. The van der Waals surface area contributed by atoms with Crippen molar-refractivity contribution in [2.45, 2.75) is 6.61 Å². The van der Waals surface area contributed by atoms with E-state index in [1.54, 1.807) is 19.2 Å². The third-order valence-corrected chi connectivity index (χ3v) is 4.50. The smallest absolute Gasteiger partial charge is 0.341 e. The summed E-state index contributed by atoms with van der Waals surface area (Å²) in [4.78, 5) is 25.2. The van der Waals surface area contributed by atoms with Gasteiger partial charge in [-0.3, -0.25) is 4.90 Å². The summed E-state index contributed by atoms with van der Waals surface area (Å²) in [5.74, 6) is -0.448. The van der Waals surface area contributed by atoms with Crippen LogP contribution in [0, 0.1) is 5.82 Å². The lowest BCUT2D eigenvalue weighted by molar-refractivity contribution is 0.258. The fourth-order valence-electron chi connectivity index (χ4n) is 2.09. The number of hydrogen-bond donors (Lipinski definition) is 2. The molecule has 0 bridgehead atoms. The number of fused-ring (bicyclic) bond motifs is 1. The van der Waals surface area contributed by atoms with E-state index in [9.17, 15) is 14.0 Å². The van der Waals surface area contributed by atoms with Crippen molar-refractivity contribution in [1.82, 2.24) is 0 Å². The maximum atomic E-state index is 13.2. The first-order valence-electron chi connectivity index (χ1n) is 6.95. The van der Waals surface area contributed by atoms with Gasteiger partial charge >= 0.3 is 11.7 Å². The van der Waals surface area contributed by atoms with E-state index >= 15 is 0 Å². The van der Waals surface area contributed by atoms with Crippen LogP contribution in [0.15, 0.2) is 45.6 Å². The first kappa shape index (κ1) is 16.2. The molecule has 2 N–H and O–H groups in total. The molecule has 2 heterocycles. The van der Waals surface area contributed by atoms with Crippen molar-refractivity contribution in [2.24, 2.45) is 0 Å². The third kappa shape index (κ3) is 3.15. The number of nitrogens with zero attached hydrogens (tertiary/aromatic N) is 1. The van der Waals surface area contributed by atoms with Gasteiger partial charge in [0.05, 0.1) is 16.9 Å². The molecular weight excluding hydrogens is 335 g/mol. The van der Waals surface area contributed by atoms with Crippen LogP contribution < -0.4 is 15.8 Å². The van der Waals surface area contributed by atoms with Crippen LogP contribution in [0.1, 0.15) is 5.56 Å². The topological polar surface area (TPSA) is 82.8 Å². The number of anilines is 2. The highest BCUT2D eigenvalue weighted by Gasteiger charge is 2.16. The predicted octanol–water partition coefficient (Wildman–Crippen LogP) is 3.15. The molecule has 0 radical (unpaired) electrons. The lowest BCUT2D eigenvalue weighted by Crippen LogP contribution is -2.30. The highest BCUT2D eigenvalue weighted by atomic mass is 32.1.